The molecule has 1 aliphatic heterocycles. The van der Waals surface area contributed by atoms with E-state index in [1.54, 1.807) is 0 Å². The number of alkyl halides is 1. The van der Waals surface area contributed by atoms with Crippen molar-refractivity contribution in [3.63, 3.8) is 0 Å². The Labute approximate surface area is 171 Å². The largest absolute Gasteiger partial charge is 0.457 e. The lowest BCUT2D eigenvalue weighted by Gasteiger charge is -2.25. The van der Waals surface area contributed by atoms with Crippen molar-refractivity contribution in [2.75, 3.05) is 0 Å². The van der Waals surface area contributed by atoms with Crippen LogP contribution in [-0.2, 0) is 6.42 Å². The van der Waals surface area contributed by atoms with Crippen LogP contribution in [0.15, 0.2) is 72.8 Å². The van der Waals surface area contributed by atoms with Crippen molar-refractivity contribution in [1.29, 1.82) is 0 Å². The second kappa shape index (κ2) is 7.18. The Kier molecular flexibility index (Phi) is 4.50. The van der Waals surface area contributed by atoms with Crippen LogP contribution in [0.25, 0.3) is 32.7 Å². The minimum absolute atomic E-state index is 0.278. The highest BCUT2D eigenvalue weighted by atomic mass is 19.2. The van der Waals surface area contributed by atoms with Crippen LogP contribution in [0.1, 0.15) is 38.2 Å². The first kappa shape index (κ1) is 18.2. The first-order valence-electron chi connectivity index (χ1n) is 10.6. The summed E-state index contributed by atoms with van der Waals surface area (Å²) in [5.74, 6) is -1.03. The molecule has 0 saturated carbocycles. The Hall–Kier alpha value is -2.87. The van der Waals surface area contributed by atoms with Crippen LogP contribution >= 0.6 is 0 Å². The molecule has 0 bridgehead atoms. The van der Waals surface area contributed by atoms with Crippen LogP contribution in [0.2, 0.25) is 0 Å². The lowest BCUT2D eigenvalue weighted by atomic mass is 9.88. The van der Waals surface area contributed by atoms with Crippen LogP contribution in [0.4, 0.5) is 4.39 Å². The standard InChI is InChI=1S/C27H25FO/c1-2-3-8-17-27(28)18-21-14-13-19-9-4-6-11-22(19)25(21)26-23-12-7-5-10-20(23)15-16-24(26)29-27/h4-7,9-16H,2-3,8,17-18H2,1H3. The summed E-state index contributed by atoms with van der Waals surface area (Å²) >= 11 is 0. The molecule has 4 aromatic rings. The van der Waals surface area contributed by atoms with Crippen molar-refractivity contribution in [2.24, 2.45) is 0 Å². The smallest absolute Gasteiger partial charge is 0.252 e. The van der Waals surface area contributed by atoms with Crippen molar-refractivity contribution < 1.29 is 9.13 Å². The molecule has 1 atom stereocenters. The van der Waals surface area contributed by atoms with Gasteiger partial charge in [0.1, 0.15) is 5.75 Å². The zero-order valence-corrected chi connectivity index (χ0v) is 16.7. The zero-order chi connectivity index (χ0) is 19.8. The maximum absolute atomic E-state index is 16.1. The SMILES string of the molecule is CCCCCC1(F)Cc2ccc3ccccc3c2-c2c(ccc3ccccc23)O1. The predicted molar refractivity (Wildman–Crippen MR) is 119 cm³/mol. The van der Waals surface area contributed by atoms with E-state index in [2.05, 4.69) is 55.5 Å². The Bertz CT molecular complexity index is 1110. The Morgan fingerprint density at radius 1 is 0.793 bits per heavy atom. The molecular formula is C27H25FO. The number of fused-ring (bicyclic) bond motifs is 7. The molecule has 5 rings (SSSR count). The summed E-state index contributed by atoms with van der Waals surface area (Å²) in [6.45, 7) is 2.14. The second-order valence-corrected chi connectivity index (χ2v) is 8.10. The number of rotatable bonds is 4. The Morgan fingerprint density at radius 3 is 2.17 bits per heavy atom. The lowest BCUT2D eigenvalue weighted by molar-refractivity contribution is -0.0682. The molecule has 0 spiro atoms. The number of hydrogen-bond donors (Lipinski definition) is 0. The molecule has 4 aromatic carbocycles. The molecular weight excluding hydrogens is 359 g/mol. The highest BCUT2D eigenvalue weighted by Gasteiger charge is 2.37. The van der Waals surface area contributed by atoms with E-state index in [4.69, 9.17) is 4.74 Å². The first-order valence-corrected chi connectivity index (χ1v) is 10.6. The quantitative estimate of drug-likeness (QED) is 0.326. The molecule has 1 heterocycles. The summed E-state index contributed by atoms with van der Waals surface area (Å²) in [6, 6.07) is 24.9. The molecule has 0 N–H and O–H groups in total. The number of unbranched alkanes of at least 4 members (excludes halogenated alkanes) is 2. The van der Waals surface area contributed by atoms with E-state index in [-0.39, 0.29) is 6.42 Å². The van der Waals surface area contributed by atoms with Crippen molar-refractivity contribution in [3.8, 4) is 16.9 Å². The van der Waals surface area contributed by atoms with Crippen molar-refractivity contribution in [3.05, 3.63) is 78.4 Å². The summed E-state index contributed by atoms with van der Waals surface area (Å²) in [7, 11) is 0. The van der Waals surface area contributed by atoms with Gasteiger partial charge in [0.15, 0.2) is 0 Å². The van der Waals surface area contributed by atoms with Gasteiger partial charge in [-0.15, -0.1) is 0 Å². The van der Waals surface area contributed by atoms with Gasteiger partial charge in [-0.3, -0.25) is 0 Å². The van der Waals surface area contributed by atoms with Crippen molar-refractivity contribution in [1.82, 2.24) is 0 Å². The van der Waals surface area contributed by atoms with Crippen molar-refractivity contribution >= 4 is 21.5 Å². The summed E-state index contributed by atoms with van der Waals surface area (Å²) < 4.78 is 22.3. The third-order valence-electron chi connectivity index (χ3n) is 6.06. The maximum Gasteiger partial charge on any atom is 0.252 e. The number of hydrogen-bond acceptors (Lipinski definition) is 1. The molecule has 0 saturated heterocycles. The molecule has 1 unspecified atom stereocenters. The number of ether oxygens (including phenoxy) is 1. The van der Waals surface area contributed by atoms with Crippen LogP contribution in [-0.4, -0.2) is 5.85 Å². The summed E-state index contributed by atoms with van der Waals surface area (Å²) in [5, 5.41) is 4.58. The van der Waals surface area contributed by atoms with Gasteiger partial charge in [-0.25, -0.2) is 0 Å². The molecule has 1 nitrogen and oxygen atoms in total. The Balaban J connectivity index is 1.81. The minimum Gasteiger partial charge on any atom is -0.457 e. The van der Waals surface area contributed by atoms with Crippen LogP contribution in [0, 0.1) is 0 Å². The van der Waals surface area contributed by atoms with E-state index in [1.165, 1.54) is 5.39 Å². The highest BCUT2D eigenvalue weighted by molar-refractivity contribution is 6.09. The van der Waals surface area contributed by atoms with Gasteiger partial charge in [0.25, 0.3) is 5.85 Å². The fourth-order valence-electron chi connectivity index (χ4n) is 4.65. The second-order valence-electron chi connectivity index (χ2n) is 8.10. The van der Waals surface area contributed by atoms with Gasteiger partial charge < -0.3 is 4.74 Å². The van der Waals surface area contributed by atoms with Crippen LogP contribution in [0.5, 0.6) is 5.75 Å². The third-order valence-corrected chi connectivity index (χ3v) is 6.06. The maximum atomic E-state index is 16.1. The molecule has 146 valence electrons. The average molecular weight is 384 g/mol. The third kappa shape index (κ3) is 3.17. The lowest BCUT2D eigenvalue weighted by Crippen LogP contribution is -2.32. The number of halogens is 1. The van der Waals surface area contributed by atoms with E-state index in [9.17, 15) is 0 Å². The van der Waals surface area contributed by atoms with Crippen LogP contribution in [0.3, 0.4) is 0 Å². The van der Waals surface area contributed by atoms with Gasteiger partial charge in [0, 0.05) is 18.4 Å². The first-order chi connectivity index (χ1) is 14.2. The van der Waals surface area contributed by atoms with Gasteiger partial charge in [0.2, 0.25) is 0 Å². The molecule has 1 aliphatic rings. The topological polar surface area (TPSA) is 9.23 Å². The minimum atomic E-state index is -1.68. The molecule has 2 heteroatoms. The van der Waals surface area contributed by atoms with Gasteiger partial charge in [-0.1, -0.05) is 86.5 Å². The van der Waals surface area contributed by atoms with E-state index >= 15 is 4.39 Å². The molecule has 0 amide bonds. The summed E-state index contributed by atoms with van der Waals surface area (Å²) in [6.07, 6.45) is 3.61. The summed E-state index contributed by atoms with van der Waals surface area (Å²) in [5.41, 5.74) is 3.16. The predicted octanol–water partition coefficient (Wildman–Crippen LogP) is 7.84. The zero-order valence-electron chi connectivity index (χ0n) is 16.7. The highest BCUT2D eigenvalue weighted by Crippen LogP contribution is 2.48. The summed E-state index contributed by atoms with van der Waals surface area (Å²) in [4.78, 5) is 0. The fourth-order valence-corrected chi connectivity index (χ4v) is 4.65. The van der Waals surface area contributed by atoms with Gasteiger partial charge in [-0.2, -0.15) is 4.39 Å². The number of benzene rings is 4. The molecule has 0 fully saturated rings. The van der Waals surface area contributed by atoms with E-state index in [1.807, 2.05) is 24.3 Å². The molecule has 29 heavy (non-hydrogen) atoms. The fraction of sp³-hybridized carbons (Fsp3) is 0.259. The Morgan fingerprint density at radius 2 is 1.45 bits per heavy atom. The monoisotopic (exact) mass is 384 g/mol. The van der Waals surface area contributed by atoms with Crippen molar-refractivity contribution in [2.45, 2.75) is 44.9 Å². The van der Waals surface area contributed by atoms with Gasteiger partial charge >= 0.3 is 0 Å². The average Bonchev–Trinajstić information content (AvgIpc) is 2.87. The molecule has 0 aromatic heterocycles. The molecule has 0 radical (unpaired) electrons. The van der Waals surface area contributed by atoms with E-state index in [0.29, 0.717) is 12.2 Å². The molecule has 0 aliphatic carbocycles. The van der Waals surface area contributed by atoms with E-state index in [0.717, 1.165) is 52.1 Å². The van der Waals surface area contributed by atoms with E-state index < -0.39 is 5.85 Å². The van der Waals surface area contributed by atoms with Gasteiger partial charge in [0.05, 0.1) is 0 Å². The van der Waals surface area contributed by atoms with Crippen LogP contribution < -0.4 is 4.74 Å². The normalized spacial score (nSPS) is 18.1. The van der Waals surface area contributed by atoms with Gasteiger partial charge in [-0.05, 0) is 45.2 Å².